The average Bonchev–Trinajstić information content (AvgIpc) is 2.75. The van der Waals surface area contributed by atoms with Crippen molar-refractivity contribution in [1.82, 2.24) is 4.57 Å². The van der Waals surface area contributed by atoms with Crippen LogP contribution in [0.3, 0.4) is 0 Å². The molecule has 1 heterocycles. The third kappa shape index (κ3) is 2.16. The first kappa shape index (κ1) is 12.4. The second kappa shape index (κ2) is 4.81. The normalized spacial score (nSPS) is 10.8. The number of aromatic hydroxyl groups is 1. The van der Waals surface area contributed by atoms with E-state index < -0.39 is 0 Å². The number of para-hydroxylation sites is 1. The standard InChI is InChI=1S/C16H16N2O2/c1-18-9-11(14-6-3-7-15(17)16(14)18)10-20-13-5-2-4-12(19)8-13/h2-9,19H,10,17H2,1H3. The summed E-state index contributed by atoms with van der Waals surface area (Å²) in [6, 6.07) is 12.7. The van der Waals surface area contributed by atoms with Gasteiger partial charge in [0, 0.05) is 30.3 Å². The molecule has 0 saturated heterocycles. The van der Waals surface area contributed by atoms with E-state index in [4.69, 9.17) is 10.5 Å². The van der Waals surface area contributed by atoms with Gasteiger partial charge in [-0.15, -0.1) is 0 Å². The minimum atomic E-state index is 0.199. The van der Waals surface area contributed by atoms with Crippen LogP contribution in [0.25, 0.3) is 10.9 Å². The summed E-state index contributed by atoms with van der Waals surface area (Å²) >= 11 is 0. The molecule has 2 aromatic carbocycles. The molecule has 3 N–H and O–H groups in total. The number of nitrogens with two attached hydrogens (primary N) is 1. The van der Waals surface area contributed by atoms with Gasteiger partial charge in [-0.3, -0.25) is 0 Å². The number of fused-ring (bicyclic) bond motifs is 1. The van der Waals surface area contributed by atoms with Gasteiger partial charge in [0.15, 0.2) is 0 Å². The van der Waals surface area contributed by atoms with Crippen LogP contribution in [0, 0.1) is 0 Å². The Bertz CT molecular complexity index is 762. The lowest BCUT2D eigenvalue weighted by Gasteiger charge is -2.05. The number of anilines is 1. The van der Waals surface area contributed by atoms with Crippen LogP contribution in [0.4, 0.5) is 5.69 Å². The first-order valence-corrected chi connectivity index (χ1v) is 6.39. The van der Waals surface area contributed by atoms with Crippen molar-refractivity contribution in [3.63, 3.8) is 0 Å². The van der Waals surface area contributed by atoms with E-state index in [2.05, 4.69) is 0 Å². The molecule has 0 aliphatic carbocycles. The molecule has 3 aromatic rings. The summed E-state index contributed by atoms with van der Waals surface area (Å²) in [4.78, 5) is 0. The summed E-state index contributed by atoms with van der Waals surface area (Å²) in [7, 11) is 1.97. The van der Waals surface area contributed by atoms with Gasteiger partial charge in [0.05, 0.1) is 11.2 Å². The minimum absolute atomic E-state index is 0.199. The zero-order valence-electron chi connectivity index (χ0n) is 11.2. The molecule has 102 valence electrons. The van der Waals surface area contributed by atoms with Crippen LogP contribution in [-0.2, 0) is 13.7 Å². The smallest absolute Gasteiger partial charge is 0.123 e. The lowest BCUT2D eigenvalue weighted by molar-refractivity contribution is 0.305. The molecule has 0 radical (unpaired) electrons. The van der Waals surface area contributed by atoms with Gasteiger partial charge in [-0.1, -0.05) is 18.2 Å². The van der Waals surface area contributed by atoms with Crippen LogP contribution in [0.2, 0.25) is 0 Å². The Hall–Kier alpha value is -2.62. The van der Waals surface area contributed by atoms with Gasteiger partial charge >= 0.3 is 0 Å². The molecule has 0 aliphatic rings. The molecular formula is C16H16N2O2. The number of nitrogen functional groups attached to an aromatic ring is 1. The topological polar surface area (TPSA) is 60.4 Å². The van der Waals surface area contributed by atoms with Crippen molar-refractivity contribution >= 4 is 16.6 Å². The highest BCUT2D eigenvalue weighted by Crippen LogP contribution is 2.27. The average molecular weight is 268 g/mol. The number of ether oxygens (including phenoxy) is 1. The SMILES string of the molecule is Cn1cc(COc2cccc(O)c2)c2cccc(N)c21. The summed E-state index contributed by atoms with van der Waals surface area (Å²) in [6.45, 7) is 0.435. The van der Waals surface area contributed by atoms with Crippen LogP contribution in [-0.4, -0.2) is 9.67 Å². The molecule has 4 nitrogen and oxygen atoms in total. The number of aromatic nitrogens is 1. The van der Waals surface area contributed by atoms with E-state index in [1.165, 1.54) is 0 Å². The molecule has 0 spiro atoms. The van der Waals surface area contributed by atoms with E-state index in [0.717, 1.165) is 22.2 Å². The predicted molar refractivity (Wildman–Crippen MR) is 79.8 cm³/mol. The highest BCUT2D eigenvalue weighted by atomic mass is 16.5. The number of hydrogen-bond acceptors (Lipinski definition) is 3. The Balaban J connectivity index is 1.90. The largest absolute Gasteiger partial charge is 0.508 e. The fourth-order valence-corrected chi connectivity index (χ4v) is 2.43. The van der Waals surface area contributed by atoms with E-state index in [-0.39, 0.29) is 5.75 Å². The van der Waals surface area contributed by atoms with Gasteiger partial charge in [0.1, 0.15) is 18.1 Å². The summed E-state index contributed by atoms with van der Waals surface area (Å²) in [5, 5.41) is 10.5. The molecule has 0 fully saturated rings. The van der Waals surface area contributed by atoms with Crippen LogP contribution in [0.15, 0.2) is 48.7 Å². The predicted octanol–water partition coefficient (Wildman–Crippen LogP) is 3.05. The zero-order chi connectivity index (χ0) is 14.1. The van der Waals surface area contributed by atoms with Crippen molar-refractivity contribution in [3.8, 4) is 11.5 Å². The molecule has 1 aromatic heterocycles. The van der Waals surface area contributed by atoms with E-state index in [9.17, 15) is 5.11 Å². The molecule has 0 aliphatic heterocycles. The molecule has 3 rings (SSSR count). The molecule has 0 saturated carbocycles. The van der Waals surface area contributed by atoms with E-state index in [1.54, 1.807) is 18.2 Å². The third-order valence-electron chi connectivity index (χ3n) is 3.33. The highest BCUT2D eigenvalue weighted by Gasteiger charge is 2.09. The Morgan fingerprint density at radius 2 is 2.00 bits per heavy atom. The highest BCUT2D eigenvalue weighted by molar-refractivity contribution is 5.93. The molecule has 4 heteroatoms. The maximum Gasteiger partial charge on any atom is 0.123 e. The number of phenolic OH excluding ortho intramolecular Hbond substituents is 1. The van der Waals surface area contributed by atoms with Crippen molar-refractivity contribution in [1.29, 1.82) is 0 Å². The lowest BCUT2D eigenvalue weighted by atomic mass is 10.1. The van der Waals surface area contributed by atoms with E-state index >= 15 is 0 Å². The Kier molecular flexibility index (Phi) is 2.99. The number of nitrogens with zero attached hydrogens (tertiary/aromatic N) is 1. The van der Waals surface area contributed by atoms with Gasteiger partial charge in [-0.2, -0.15) is 0 Å². The first-order valence-electron chi connectivity index (χ1n) is 6.39. The van der Waals surface area contributed by atoms with E-state index in [0.29, 0.717) is 12.4 Å². The quantitative estimate of drug-likeness (QED) is 0.718. The van der Waals surface area contributed by atoms with Crippen molar-refractivity contribution in [2.45, 2.75) is 6.61 Å². The van der Waals surface area contributed by atoms with Gasteiger partial charge < -0.3 is 20.1 Å². The Labute approximate surface area is 117 Å². The Morgan fingerprint density at radius 3 is 2.80 bits per heavy atom. The van der Waals surface area contributed by atoms with Gasteiger partial charge in [-0.05, 0) is 18.2 Å². The fraction of sp³-hybridized carbons (Fsp3) is 0.125. The van der Waals surface area contributed by atoms with Crippen molar-refractivity contribution in [3.05, 3.63) is 54.2 Å². The van der Waals surface area contributed by atoms with Crippen LogP contribution in [0.1, 0.15) is 5.56 Å². The zero-order valence-corrected chi connectivity index (χ0v) is 11.2. The molecule has 0 amide bonds. The van der Waals surface area contributed by atoms with Crippen molar-refractivity contribution < 1.29 is 9.84 Å². The van der Waals surface area contributed by atoms with Gasteiger partial charge in [0.2, 0.25) is 0 Å². The molecule has 0 bridgehead atoms. The van der Waals surface area contributed by atoms with Crippen LogP contribution in [0.5, 0.6) is 11.5 Å². The number of benzene rings is 2. The first-order chi connectivity index (χ1) is 9.65. The Morgan fingerprint density at radius 1 is 1.20 bits per heavy atom. The molecule has 20 heavy (non-hydrogen) atoms. The van der Waals surface area contributed by atoms with Crippen LogP contribution < -0.4 is 10.5 Å². The van der Waals surface area contributed by atoms with Gasteiger partial charge in [-0.25, -0.2) is 0 Å². The molecule has 0 unspecified atom stereocenters. The number of rotatable bonds is 3. The summed E-state index contributed by atoms with van der Waals surface area (Å²) in [5.41, 5.74) is 8.84. The third-order valence-corrected chi connectivity index (χ3v) is 3.33. The summed E-state index contributed by atoms with van der Waals surface area (Å²) in [6.07, 6.45) is 2.02. The minimum Gasteiger partial charge on any atom is -0.508 e. The van der Waals surface area contributed by atoms with Crippen LogP contribution >= 0.6 is 0 Å². The van der Waals surface area contributed by atoms with E-state index in [1.807, 2.05) is 42.1 Å². The summed E-state index contributed by atoms with van der Waals surface area (Å²) in [5.74, 6) is 0.843. The maximum absolute atomic E-state index is 9.42. The van der Waals surface area contributed by atoms with Crippen molar-refractivity contribution in [2.75, 3.05) is 5.73 Å². The number of phenols is 1. The fourth-order valence-electron chi connectivity index (χ4n) is 2.43. The number of aryl methyl sites for hydroxylation is 1. The maximum atomic E-state index is 9.42. The molecular weight excluding hydrogens is 252 g/mol. The number of hydrogen-bond donors (Lipinski definition) is 2. The molecule has 0 atom stereocenters. The monoisotopic (exact) mass is 268 g/mol. The summed E-state index contributed by atoms with van der Waals surface area (Å²) < 4.78 is 7.73. The second-order valence-electron chi connectivity index (χ2n) is 4.79. The second-order valence-corrected chi connectivity index (χ2v) is 4.79. The van der Waals surface area contributed by atoms with Gasteiger partial charge in [0.25, 0.3) is 0 Å². The van der Waals surface area contributed by atoms with Crippen molar-refractivity contribution in [2.24, 2.45) is 7.05 Å². The lowest BCUT2D eigenvalue weighted by Crippen LogP contribution is -1.94.